The minimum atomic E-state index is -5.96. The molecule has 0 saturated carbocycles. The zero-order valence-electron chi connectivity index (χ0n) is 10.3. The molecule has 1 rings (SSSR count). The van der Waals surface area contributed by atoms with Crippen LogP contribution in [-0.4, -0.2) is 26.0 Å². The van der Waals surface area contributed by atoms with Crippen molar-refractivity contribution in [1.82, 2.24) is 0 Å². The second-order valence-corrected chi connectivity index (χ2v) is 8.95. The van der Waals surface area contributed by atoms with Crippen LogP contribution in [0.3, 0.4) is 0 Å². The van der Waals surface area contributed by atoms with Crippen LogP contribution >= 0.6 is 22.2 Å². The molecule has 126 valence electrons. The van der Waals surface area contributed by atoms with Crippen LogP contribution in [0.5, 0.6) is 5.75 Å². The smallest absolute Gasteiger partial charge is 0.426 e. The molecular weight excluding hydrogens is 384 g/mol. The van der Waals surface area contributed by atoms with E-state index in [-0.39, 0.29) is 6.04 Å². The van der Waals surface area contributed by atoms with Crippen molar-refractivity contribution in [2.75, 3.05) is 0 Å². The van der Waals surface area contributed by atoms with E-state index in [1.165, 1.54) is 12.1 Å². The number of alkyl halides is 7. The highest BCUT2D eigenvalue weighted by Crippen LogP contribution is 2.41. The Morgan fingerprint density at radius 1 is 0.955 bits per heavy atom. The van der Waals surface area contributed by atoms with Crippen LogP contribution in [0.25, 0.3) is 0 Å². The lowest BCUT2D eigenvalue weighted by molar-refractivity contribution is -0.492. The van der Waals surface area contributed by atoms with Gasteiger partial charge in [0.25, 0.3) is 0 Å². The van der Waals surface area contributed by atoms with E-state index in [2.05, 4.69) is 9.47 Å². The molecule has 0 heterocycles. The Kier molecular flexibility index (Phi) is 5.99. The predicted octanol–water partition coefficient (Wildman–Crippen LogP) is 4.57. The van der Waals surface area contributed by atoms with Crippen molar-refractivity contribution in [2.45, 2.75) is 24.6 Å². The molecule has 0 aliphatic carbocycles. The molecular formula is C10H7Cl2F7O2Si. The third-order valence-corrected chi connectivity index (χ3v) is 3.82. The van der Waals surface area contributed by atoms with Crippen molar-refractivity contribution < 1.29 is 40.2 Å². The van der Waals surface area contributed by atoms with E-state index in [4.69, 9.17) is 22.2 Å². The highest BCUT2D eigenvalue weighted by atomic mass is 35.7. The van der Waals surface area contributed by atoms with E-state index in [1.54, 1.807) is 0 Å². The van der Waals surface area contributed by atoms with Gasteiger partial charge in [-0.15, -0.1) is 35.3 Å². The number of halogens is 9. The molecule has 12 heteroatoms. The maximum atomic E-state index is 13.2. The van der Waals surface area contributed by atoms with Gasteiger partial charge in [-0.3, -0.25) is 0 Å². The fourth-order valence-corrected chi connectivity index (χ4v) is 3.01. The van der Waals surface area contributed by atoms with Gasteiger partial charge in [-0.2, -0.15) is 17.6 Å². The first kappa shape index (κ1) is 19.3. The first-order valence-electron chi connectivity index (χ1n) is 5.41. The minimum absolute atomic E-state index is 0.126. The van der Waals surface area contributed by atoms with Crippen molar-refractivity contribution >= 4 is 29.6 Å². The molecule has 22 heavy (non-hydrogen) atoms. The van der Waals surface area contributed by atoms with Gasteiger partial charge < -0.3 is 4.74 Å². The molecule has 2 nitrogen and oxygen atoms in total. The summed E-state index contributed by atoms with van der Waals surface area (Å²) in [6, 6.07) is 4.50. The lowest BCUT2D eigenvalue weighted by Gasteiger charge is -2.26. The van der Waals surface area contributed by atoms with Gasteiger partial charge in [0.15, 0.2) is 0 Å². The van der Waals surface area contributed by atoms with E-state index in [0.29, 0.717) is 5.56 Å². The Hall–Kier alpha value is -0.713. The molecule has 0 atom stereocenters. The monoisotopic (exact) mass is 390 g/mol. The molecule has 0 bridgehead atoms. The summed E-state index contributed by atoms with van der Waals surface area (Å²) in [5.41, 5.74) is 0.315. The maximum Gasteiger partial charge on any atom is 0.527 e. The second kappa shape index (κ2) is 6.81. The number of benzene rings is 1. The fourth-order valence-electron chi connectivity index (χ4n) is 1.33. The van der Waals surface area contributed by atoms with Crippen molar-refractivity contribution in [1.29, 1.82) is 0 Å². The molecule has 0 aromatic heterocycles. The average Bonchev–Trinajstić information content (AvgIpc) is 2.23. The maximum absolute atomic E-state index is 13.2. The van der Waals surface area contributed by atoms with E-state index < -0.39 is 31.7 Å². The highest BCUT2D eigenvalue weighted by Gasteiger charge is 2.66. The molecule has 0 aliphatic rings. The lowest BCUT2D eigenvalue weighted by atomic mass is 10.2. The van der Waals surface area contributed by atoms with Crippen LogP contribution in [0.4, 0.5) is 30.7 Å². The third kappa shape index (κ3) is 5.82. The number of ether oxygens (including phenoxy) is 2. The van der Waals surface area contributed by atoms with Gasteiger partial charge in [0, 0.05) is 0 Å². The largest absolute Gasteiger partial charge is 0.527 e. The molecule has 0 radical (unpaired) electrons. The summed E-state index contributed by atoms with van der Waals surface area (Å²) in [6.45, 7) is 0. The van der Waals surface area contributed by atoms with Crippen molar-refractivity contribution in [3.05, 3.63) is 29.8 Å². The van der Waals surface area contributed by atoms with Crippen LogP contribution < -0.4 is 4.74 Å². The fraction of sp³-hybridized carbons (Fsp3) is 0.400. The Morgan fingerprint density at radius 2 is 1.55 bits per heavy atom. The molecule has 0 N–H and O–H groups in total. The predicted molar refractivity (Wildman–Crippen MR) is 66.7 cm³/mol. The zero-order chi connectivity index (χ0) is 17.2. The molecule has 1 aromatic rings. The first-order valence-corrected chi connectivity index (χ1v) is 9.72. The molecule has 0 unspecified atom stereocenters. The second-order valence-electron chi connectivity index (χ2n) is 3.93. The Bertz CT molecular complexity index is 510. The standard InChI is InChI=1S/C10H7Cl2F7O2Si/c11-22(12)5-6-2-1-3-7(4-6)20-8(13,14)9(15,16)21-10(17,18)19/h1-4,22H,5H2. The van der Waals surface area contributed by atoms with E-state index in [1.807, 2.05) is 0 Å². The summed E-state index contributed by atoms with van der Waals surface area (Å²) in [5, 5.41) is 0. The normalized spacial score (nSPS) is 13.5. The summed E-state index contributed by atoms with van der Waals surface area (Å²) in [7, 11) is -2.15. The van der Waals surface area contributed by atoms with E-state index in [9.17, 15) is 30.7 Å². The van der Waals surface area contributed by atoms with Gasteiger partial charge in [-0.1, -0.05) is 12.1 Å². The van der Waals surface area contributed by atoms with Gasteiger partial charge in [0.2, 0.25) is 7.42 Å². The molecule has 1 aromatic carbocycles. The molecule has 0 spiro atoms. The van der Waals surface area contributed by atoms with Crippen LogP contribution in [0.1, 0.15) is 5.56 Å². The van der Waals surface area contributed by atoms with Crippen molar-refractivity contribution in [3.63, 3.8) is 0 Å². The van der Waals surface area contributed by atoms with E-state index in [0.717, 1.165) is 12.1 Å². The number of hydrogen-bond donors (Lipinski definition) is 0. The lowest BCUT2D eigenvalue weighted by Crippen LogP contribution is -2.49. The molecule has 0 saturated heterocycles. The van der Waals surface area contributed by atoms with Gasteiger partial charge in [-0.25, -0.2) is 4.74 Å². The van der Waals surface area contributed by atoms with Gasteiger partial charge in [-0.05, 0) is 23.7 Å². The van der Waals surface area contributed by atoms with Crippen LogP contribution in [-0.2, 0) is 10.8 Å². The van der Waals surface area contributed by atoms with Crippen LogP contribution in [0.15, 0.2) is 24.3 Å². The summed E-state index contributed by atoms with van der Waals surface area (Å²) in [5.74, 6) is -0.782. The highest BCUT2D eigenvalue weighted by molar-refractivity contribution is 7.33. The molecule has 0 aliphatic heterocycles. The van der Waals surface area contributed by atoms with Crippen molar-refractivity contribution in [2.24, 2.45) is 0 Å². The summed E-state index contributed by atoms with van der Waals surface area (Å²) in [4.78, 5) is 0. The Morgan fingerprint density at radius 3 is 2.05 bits per heavy atom. The summed E-state index contributed by atoms with van der Waals surface area (Å²) in [6.07, 6.45) is -17.4. The van der Waals surface area contributed by atoms with E-state index >= 15 is 0 Å². The van der Waals surface area contributed by atoms with Crippen LogP contribution in [0, 0.1) is 0 Å². The minimum Gasteiger partial charge on any atom is -0.426 e. The average molecular weight is 391 g/mol. The topological polar surface area (TPSA) is 18.5 Å². The molecule has 0 amide bonds. The zero-order valence-corrected chi connectivity index (χ0v) is 13.0. The van der Waals surface area contributed by atoms with Gasteiger partial charge >= 0.3 is 18.6 Å². The number of hydrogen-bond acceptors (Lipinski definition) is 2. The van der Waals surface area contributed by atoms with Gasteiger partial charge in [0.1, 0.15) is 5.75 Å². The summed E-state index contributed by atoms with van der Waals surface area (Å²) < 4.78 is 92.9. The Balaban J connectivity index is 2.92. The molecule has 0 fully saturated rings. The van der Waals surface area contributed by atoms with Gasteiger partial charge in [0.05, 0.1) is 0 Å². The Labute approximate surface area is 130 Å². The van der Waals surface area contributed by atoms with Crippen LogP contribution in [0.2, 0.25) is 0 Å². The number of rotatable bonds is 6. The quantitative estimate of drug-likeness (QED) is 0.402. The summed E-state index contributed by atoms with van der Waals surface area (Å²) >= 11 is 11.2. The first-order chi connectivity index (χ1) is 9.82. The third-order valence-electron chi connectivity index (χ3n) is 2.12. The SMILES string of the molecule is FC(F)(F)OC(F)(F)C(F)(F)Oc1cccc(C[SiH](Cl)Cl)c1. The van der Waals surface area contributed by atoms with Crippen molar-refractivity contribution in [3.8, 4) is 5.75 Å².